The van der Waals surface area contributed by atoms with Gasteiger partial charge in [0.1, 0.15) is 12.4 Å². The molecule has 1 rings (SSSR count). The van der Waals surface area contributed by atoms with Gasteiger partial charge in [0.25, 0.3) is 0 Å². The molecule has 0 aliphatic heterocycles. The second-order valence-electron chi connectivity index (χ2n) is 4.35. The fourth-order valence-electron chi connectivity index (χ4n) is 1.53. The summed E-state index contributed by atoms with van der Waals surface area (Å²) in [5.41, 5.74) is 1.97. The molecule has 1 aromatic rings. The summed E-state index contributed by atoms with van der Waals surface area (Å²) in [7, 11) is 0. The quantitative estimate of drug-likeness (QED) is 0.827. The summed E-state index contributed by atoms with van der Waals surface area (Å²) in [5.74, 6) is 0.0680. The predicted octanol–water partition coefficient (Wildman–Crippen LogP) is 3.79. The summed E-state index contributed by atoms with van der Waals surface area (Å²) in [6.07, 6.45) is 2.54. The fraction of sp³-hybridized carbons (Fsp3) is 0.357. The van der Waals surface area contributed by atoms with Crippen LogP contribution < -0.4 is 4.74 Å². The lowest BCUT2D eigenvalue weighted by Crippen LogP contribution is -2.01. The van der Waals surface area contributed by atoms with E-state index in [0.717, 1.165) is 23.0 Å². The Morgan fingerprint density at radius 2 is 2.17 bits per heavy atom. The van der Waals surface area contributed by atoms with Crippen molar-refractivity contribution in [3.05, 3.63) is 40.4 Å². The molecule has 0 bridgehead atoms. The zero-order chi connectivity index (χ0) is 13.7. The Bertz CT molecular complexity index is 464. The third-order valence-electron chi connectivity index (χ3n) is 2.51. The van der Waals surface area contributed by atoms with Crippen molar-refractivity contribution in [2.24, 2.45) is 0 Å². The van der Waals surface area contributed by atoms with Crippen LogP contribution in [0.5, 0.6) is 5.75 Å². The van der Waals surface area contributed by atoms with Gasteiger partial charge in [-0.25, -0.2) is 4.79 Å². The van der Waals surface area contributed by atoms with Crippen molar-refractivity contribution in [1.29, 1.82) is 0 Å². The molecule has 0 fully saturated rings. The van der Waals surface area contributed by atoms with Crippen molar-refractivity contribution in [2.75, 3.05) is 6.61 Å². The first-order valence-corrected chi connectivity index (χ1v) is 6.12. The van der Waals surface area contributed by atoms with E-state index >= 15 is 0 Å². The number of carbonyl (C=O) groups is 1. The highest BCUT2D eigenvalue weighted by Gasteiger charge is 2.10. The van der Waals surface area contributed by atoms with E-state index in [2.05, 4.69) is 13.8 Å². The first-order chi connectivity index (χ1) is 8.41. The van der Waals surface area contributed by atoms with E-state index in [-0.39, 0.29) is 6.61 Å². The standard InChI is InChI=1S/C14H17ClO3/c1-9(2)11-8-12(15)10(3)7-13(11)18-6-4-5-14(16)17/h4-5,7-9H,6H2,1-3H3,(H,16,17). The van der Waals surface area contributed by atoms with Crippen LogP contribution >= 0.6 is 11.6 Å². The highest BCUT2D eigenvalue weighted by atomic mass is 35.5. The molecule has 0 aliphatic rings. The van der Waals surface area contributed by atoms with E-state index in [1.54, 1.807) is 0 Å². The summed E-state index contributed by atoms with van der Waals surface area (Å²) in [5, 5.41) is 9.19. The van der Waals surface area contributed by atoms with Crippen LogP contribution in [0, 0.1) is 6.92 Å². The molecule has 0 spiro atoms. The van der Waals surface area contributed by atoms with E-state index in [0.29, 0.717) is 10.9 Å². The third-order valence-corrected chi connectivity index (χ3v) is 2.92. The first-order valence-electron chi connectivity index (χ1n) is 5.74. The summed E-state index contributed by atoms with van der Waals surface area (Å²) in [4.78, 5) is 10.3. The van der Waals surface area contributed by atoms with Gasteiger partial charge >= 0.3 is 5.97 Å². The van der Waals surface area contributed by atoms with E-state index in [1.165, 1.54) is 6.08 Å². The largest absolute Gasteiger partial charge is 0.489 e. The second kappa shape index (κ2) is 6.45. The van der Waals surface area contributed by atoms with Gasteiger partial charge in [0.05, 0.1) is 0 Å². The third kappa shape index (κ3) is 4.08. The summed E-state index contributed by atoms with van der Waals surface area (Å²) in [6.45, 7) is 6.25. The minimum absolute atomic E-state index is 0.229. The zero-order valence-electron chi connectivity index (χ0n) is 10.7. The first kappa shape index (κ1) is 14.6. The van der Waals surface area contributed by atoms with Crippen LogP contribution in [-0.4, -0.2) is 17.7 Å². The van der Waals surface area contributed by atoms with Crippen LogP contribution in [0.1, 0.15) is 30.9 Å². The molecule has 3 nitrogen and oxygen atoms in total. The maximum Gasteiger partial charge on any atom is 0.328 e. The number of carboxylic acids is 1. The SMILES string of the molecule is Cc1cc(OCC=CC(=O)O)c(C(C)C)cc1Cl. The molecule has 0 atom stereocenters. The molecule has 4 heteroatoms. The molecule has 98 valence electrons. The van der Waals surface area contributed by atoms with Gasteiger partial charge in [-0.2, -0.15) is 0 Å². The lowest BCUT2D eigenvalue weighted by atomic mass is 10.0. The Hall–Kier alpha value is -1.48. The Kier molecular flexibility index (Phi) is 5.23. The summed E-state index contributed by atoms with van der Waals surface area (Å²) >= 11 is 6.09. The Balaban J connectivity index is 2.86. The number of rotatable bonds is 5. The molecule has 0 unspecified atom stereocenters. The van der Waals surface area contributed by atoms with E-state index in [1.807, 2.05) is 19.1 Å². The van der Waals surface area contributed by atoms with Crippen LogP contribution in [0.2, 0.25) is 5.02 Å². The minimum atomic E-state index is -0.977. The highest BCUT2D eigenvalue weighted by Crippen LogP contribution is 2.31. The molecule has 0 aromatic heterocycles. The van der Waals surface area contributed by atoms with Crippen molar-refractivity contribution >= 4 is 17.6 Å². The Labute approximate surface area is 112 Å². The molecular weight excluding hydrogens is 252 g/mol. The molecule has 1 N–H and O–H groups in total. The lowest BCUT2D eigenvalue weighted by Gasteiger charge is -2.15. The Morgan fingerprint density at radius 3 is 2.72 bits per heavy atom. The average Bonchev–Trinajstić information content (AvgIpc) is 2.28. The molecule has 18 heavy (non-hydrogen) atoms. The van der Waals surface area contributed by atoms with Crippen LogP contribution in [0.4, 0.5) is 0 Å². The Morgan fingerprint density at radius 1 is 1.50 bits per heavy atom. The predicted molar refractivity (Wildman–Crippen MR) is 72.5 cm³/mol. The number of hydrogen-bond donors (Lipinski definition) is 1. The average molecular weight is 269 g/mol. The molecule has 0 saturated carbocycles. The number of ether oxygens (including phenoxy) is 1. The number of aryl methyl sites for hydroxylation is 1. The van der Waals surface area contributed by atoms with Crippen molar-refractivity contribution in [1.82, 2.24) is 0 Å². The molecule has 0 saturated heterocycles. The smallest absolute Gasteiger partial charge is 0.328 e. The van der Waals surface area contributed by atoms with Crippen LogP contribution in [-0.2, 0) is 4.79 Å². The second-order valence-corrected chi connectivity index (χ2v) is 4.75. The molecule has 0 heterocycles. The maximum absolute atomic E-state index is 10.3. The van der Waals surface area contributed by atoms with Gasteiger partial charge in [-0.1, -0.05) is 25.4 Å². The minimum Gasteiger partial charge on any atom is -0.489 e. The van der Waals surface area contributed by atoms with Crippen LogP contribution in [0.15, 0.2) is 24.3 Å². The van der Waals surface area contributed by atoms with Gasteiger partial charge in [-0.15, -0.1) is 0 Å². The molecular formula is C14H17ClO3. The number of hydrogen-bond acceptors (Lipinski definition) is 2. The van der Waals surface area contributed by atoms with Gasteiger partial charge < -0.3 is 9.84 Å². The number of benzene rings is 1. The lowest BCUT2D eigenvalue weighted by molar-refractivity contribution is -0.131. The highest BCUT2D eigenvalue weighted by molar-refractivity contribution is 6.31. The molecule has 0 radical (unpaired) electrons. The van der Waals surface area contributed by atoms with Crippen molar-refractivity contribution in [3.63, 3.8) is 0 Å². The number of halogens is 1. The topological polar surface area (TPSA) is 46.5 Å². The maximum atomic E-state index is 10.3. The van der Waals surface area contributed by atoms with Gasteiger partial charge in [-0.05, 0) is 42.2 Å². The normalized spacial score (nSPS) is 11.2. The van der Waals surface area contributed by atoms with Gasteiger partial charge in [0, 0.05) is 11.1 Å². The number of carboxylic acid groups (broad SMARTS) is 1. The van der Waals surface area contributed by atoms with Gasteiger partial charge in [-0.3, -0.25) is 0 Å². The fourth-order valence-corrected chi connectivity index (χ4v) is 1.71. The van der Waals surface area contributed by atoms with Crippen molar-refractivity contribution in [2.45, 2.75) is 26.7 Å². The van der Waals surface area contributed by atoms with Crippen molar-refractivity contribution < 1.29 is 14.6 Å². The van der Waals surface area contributed by atoms with Crippen LogP contribution in [0.3, 0.4) is 0 Å². The van der Waals surface area contributed by atoms with Gasteiger partial charge in [0.15, 0.2) is 0 Å². The molecule has 1 aromatic carbocycles. The zero-order valence-corrected chi connectivity index (χ0v) is 11.5. The van der Waals surface area contributed by atoms with E-state index in [9.17, 15) is 4.79 Å². The summed E-state index contributed by atoms with van der Waals surface area (Å²) in [6, 6.07) is 3.78. The van der Waals surface area contributed by atoms with E-state index in [4.69, 9.17) is 21.4 Å². The molecule has 0 amide bonds. The molecule has 0 aliphatic carbocycles. The van der Waals surface area contributed by atoms with E-state index < -0.39 is 5.97 Å². The van der Waals surface area contributed by atoms with Gasteiger partial charge in [0.2, 0.25) is 0 Å². The monoisotopic (exact) mass is 268 g/mol. The van der Waals surface area contributed by atoms with Crippen LogP contribution in [0.25, 0.3) is 0 Å². The summed E-state index contributed by atoms with van der Waals surface area (Å²) < 4.78 is 5.58. The van der Waals surface area contributed by atoms with Crippen molar-refractivity contribution in [3.8, 4) is 5.75 Å². The number of aliphatic carboxylic acids is 1.